The molecule has 21 heavy (non-hydrogen) atoms. The maximum absolute atomic E-state index is 6.23. The Kier molecular flexibility index (Phi) is 5.11. The molecule has 0 bridgehead atoms. The number of hydrogen-bond acceptors (Lipinski definition) is 3. The normalized spacial score (nSPS) is 21.0. The Labute approximate surface area is 153 Å². The molecule has 1 aliphatic rings. The lowest BCUT2D eigenvalue weighted by atomic mass is 9.96. The van der Waals surface area contributed by atoms with E-state index in [2.05, 4.69) is 72.2 Å². The van der Waals surface area contributed by atoms with E-state index >= 15 is 0 Å². The molecule has 2 aromatic rings. The second kappa shape index (κ2) is 6.71. The quantitative estimate of drug-likeness (QED) is 0.546. The van der Waals surface area contributed by atoms with Gasteiger partial charge in [0.05, 0.1) is 3.79 Å². The monoisotopic (exact) mass is 493 g/mol. The van der Waals surface area contributed by atoms with Gasteiger partial charge in [-0.3, -0.25) is 0 Å². The Morgan fingerprint density at radius 3 is 2.76 bits per heavy atom. The lowest BCUT2D eigenvalue weighted by Gasteiger charge is -2.32. The van der Waals surface area contributed by atoms with Crippen molar-refractivity contribution in [2.45, 2.75) is 25.5 Å². The van der Waals surface area contributed by atoms with E-state index in [1.54, 1.807) is 11.3 Å². The molecular formula is C15H14Br3NOS. The lowest BCUT2D eigenvalue weighted by Crippen LogP contribution is -2.28. The Bertz CT molecular complexity index is 639. The van der Waals surface area contributed by atoms with Crippen LogP contribution < -0.4 is 10.1 Å². The predicted molar refractivity (Wildman–Crippen MR) is 98.3 cm³/mol. The van der Waals surface area contributed by atoms with Crippen LogP contribution in [0.2, 0.25) is 0 Å². The largest absolute Gasteiger partial charge is 0.484 e. The summed E-state index contributed by atoms with van der Waals surface area (Å²) in [6.07, 6.45) is 1.03. The minimum absolute atomic E-state index is 0.0929. The van der Waals surface area contributed by atoms with E-state index in [1.165, 1.54) is 10.4 Å². The maximum atomic E-state index is 6.23. The van der Waals surface area contributed by atoms with E-state index in [4.69, 9.17) is 4.74 Å². The fourth-order valence-corrected chi connectivity index (χ4v) is 5.09. The number of hydrogen-bond donors (Lipinski definition) is 1. The molecule has 0 fully saturated rings. The van der Waals surface area contributed by atoms with Crippen LogP contribution >= 0.6 is 59.1 Å². The van der Waals surface area contributed by atoms with Crippen molar-refractivity contribution in [2.75, 3.05) is 6.54 Å². The number of halogens is 3. The zero-order valence-corrected chi connectivity index (χ0v) is 16.9. The van der Waals surface area contributed by atoms with Crippen molar-refractivity contribution in [1.82, 2.24) is 5.32 Å². The minimum atomic E-state index is 0.0929. The molecule has 0 saturated heterocycles. The highest BCUT2D eigenvalue weighted by molar-refractivity contribution is 9.13. The number of benzene rings is 1. The van der Waals surface area contributed by atoms with Gasteiger partial charge in [-0.25, -0.2) is 0 Å². The summed E-state index contributed by atoms with van der Waals surface area (Å²) in [5, 5.41) is 3.57. The highest BCUT2D eigenvalue weighted by Gasteiger charge is 2.30. The summed E-state index contributed by atoms with van der Waals surface area (Å²) in [6, 6.07) is 8.70. The highest BCUT2D eigenvalue weighted by atomic mass is 79.9. The van der Waals surface area contributed by atoms with Gasteiger partial charge in [0.1, 0.15) is 11.9 Å². The number of rotatable bonds is 3. The third-order valence-electron chi connectivity index (χ3n) is 3.50. The average molecular weight is 496 g/mol. The van der Waals surface area contributed by atoms with Crippen molar-refractivity contribution >= 4 is 59.1 Å². The third kappa shape index (κ3) is 3.39. The summed E-state index contributed by atoms with van der Waals surface area (Å²) in [6.45, 7) is 3.08. The van der Waals surface area contributed by atoms with Crippen LogP contribution in [0, 0.1) is 0 Å². The average Bonchev–Trinajstić information content (AvgIpc) is 2.79. The summed E-state index contributed by atoms with van der Waals surface area (Å²) in [5.74, 6) is 0.973. The molecule has 0 radical (unpaired) electrons. The Hall–Kier alpha value is 0.120. The van der Waals surface area contributed by atoms with Crippen molar-refractivity contribution in [3.8, 4) is 5.75 Å². The SMILES string of the molecule is CCNC1CC(c2cc(Br)c(Br)s2)Oc2ccc(Br)cc21. The van der Waals surface area contributed by atoms with Crippen molar-refractivity contribution < 1.29 is 4.74 Å². The first-order valence-electron chi connectivity index (χ1n) is 6.72. The predicted octanol–water partition coefficient (Wildman–Crippen LogP) is 6.21. The number of fused-ring (bicyclic) bond motifs is 1. The lowest BCUT2D eigenvalue weighted by molar-refractivity contribution is 0.155. The van der Waals surface area contributed by atoms with Gasteiger partial charge < -0.3 is 10.1 Å². The smallest absolute Gasteiger partial charge is 0.135 e. The first kappa shape index (κ1) is 16.0. The molecule has 2 nitrogen and oxygen atoms in total. The number of nitrogens with one attached hydrogen (secondary N) is 1. The first-order chi connectivity index (χ1) is 10.1. The molecule has 1 aliphatic heterocycles. The molecule has 1 N–H and O–H groups in total. The van der Waals surface area contributed by atoms with Crippen LogP contribution in [0.1, 0.15) is 35.9 Å². The van der Waals surface area contributed by atoms with Crippen LogP contribution in [0.15, 0.2) is 37.0 Å². The van der Waals surface area contributed by atoms with Gasteiger partial charge in [0.25, 0.3) is 0 Å². The van der Waals surface area contributed by atoms with Gasteiger partial charge in [-0.15, -0.1) is 11.3 Å². The van der Waals surface area contributed by atoms with Crippen molar-refractivity contribution in [3.63, 3.8) is 0 Å². The fourth-order valence-electron chi connectivity index (χ4n) is 2.58. The van der Waals surface area contributed by atoms with Crippen LogP contribution in [-0.4, -0.2) is 6.54 Å². The standard InChI is InChI=1S/C15H14Br3NOS/c1-2-19-11-7-13(14-6-10(17)15(18)21-14)20-12-4-3-8(16)5-9(11)12/h3-6,11,13,19H,2,7H2,1H3. The molecule has 0 aliphatic carbocycles. The zero-order chi connectivity index (χ0) is 15.0. The number of thiophene rings is 1. The molecule has 2 atom stereocenters. The van der Waals surface area contributed by atoms with Gasteiger partial charge in [-0.1, -0.05) is 22.9 Å². The van der Waals surface area contributed by atoms with Crippen LogP contribution in [0.3, 0.4) is 0 Å². The molecule has 112 valence electrons. The second-order valence-electron chi connectivity index (χ2n) is 4.91. The molecule has 1 aromatic carbocycles. The fraction of sp³-hybridized carbons (Fsp3) is 0.333. The van der Waals surface area contributed by atoms with Crippen LogP contribution in [-0.2, 0) is 0 Å². The van der Waals surface area contributed by atoms with Crippen LogP contribution in [0.25, 0.3) is 0 Å². The van der Waals surface area contributed by atoms with Gasteiger partial charge in [0, 0.05) is 31.8 Å². The minimum Gasteiger partial charge on any atom is -0.484 e. The molecule has 2 heterocycles. The topological polar surface area (TPSA) is 21.3 Å². The molecule has 6 heteroatoms. The zero-order valence-electron chi connectivity index (χ0n) is 11.3. The van der Waals surface area contributed by atoms with Gasteiger partial charge in [0.2, 0.25) is 0 Å². The molecule has 0 saturated carbocycles. The second-order valence-corrected chi connectivity index (χ2v) is 9.08. The molecule has 2 unspecified atom stereocenters. The molecule has 1 aromatic heterocycles. The van der Waals surface area contributed by atoms with Gasteiger partial charge in [0.15, 0.2) is 0 Å². The van der Waals surface area contributed by atoms with Crippen LogP contribution in [0.5, 0.6) is 5.75 Å². The molecule has 0 spiro atoms. The van der Waals surface area contributed by atoms with Crippen molar-refractivity contribution in [2.24, 2.45) is 0 Å². The van der Waals surface area contributed by atoms with Crippen LogP contribution in [0.4, 0.5) is 0 Å². The van der Waals surface area contributed by atoms with E-state index < -0.39 is 0 Å². The molecular weight excluding hydrogens is 482 g/mol. The third-order valence-corrected chi connectivity index (χ3v) is 7.34. The Morgan fingerprint density at radius 1 is 1.29 bits per heavy atom. The Morgan fingerprint density at radius 2 is 2.10 bits per heavy atom. The molecule has 3 rings (SSSR count). The summed E-state index contributed by atoms with van der Waals surface area (Å²) < 4.78 is 9.52. The first-order valence-corrected chi connectivity index (χ1v) is 9.92. The van der Waals surface area contributed by atoms with E-state index in [-0.39, 0.29) is 6.10 Å². The summed E-state index contributed by atoms with van der Waals surface area (Å²) in [5.41, 5.74) is 1.23. The highest BCUT2D eigenvalue weighted by Crippen LogP contribution is 2.45. The van der Waals surface area contributed by atoms with Crippen molar-refractivity contribution in [1.29, 1.82) is 0 Å². The van der Waals surface area contributed by atoms with E-state index in [1.807, 2.05) is 12.1 Å². The Balaban J connectivity index is 1.95. The van der Waals surface area contributed by atoms with E-state index in [9.17, 15) is 0 Å². The van der Waals surface area contributed by atoms with Crippen molar-refractivity contribution in [3.05, 3.63) is 47.4 Å². The summed E-state index contributed by atoms with van der Waals surface area (Å²) in [7, 11) is 0. The van der Waals surface area contributed by atoms with Gasteiger partial charge >= 0.3 is 0 Å². The number of ether oxygens (including phenoxy) is 1. The maximum Gasteiger partial charge on any atom is 0.135 e. The van der Waals surface area contributed by atoms with E-state index in [0.717, 1.165) is 31.4 Å². The van der Waals surface area contributed by atoms with Gasteiger partial charge in [-0.2, -0.15) is 0 Å². The summed E-state index contributed by atoms with van der Waals surface area (Å²) in [4.78, 5) is 1.24. The summed E-state index contributed by atoms with van der Waals surface area (Å²) >= 11 is 12.4. The molecule has 0 amide bonds. The van der Waals surface area contributed by atoms with E-state index in [0.29, 0.717) is 6.04 Å². The van der Waals surface area contributed by atoms with Gasteiger partial charge in [-0.05, 0) is 62.7 Å².